The Morgan fingerprint density at radius 2 is 1.38 bits per heavy atom. The molecule has 2 aromatic rings. The van der Waals surface area contributed by atoms with Crippen LogP contribution in [0.2, 0.25) is 0 Å². The van der Waals surface area contributed by atoms with Crippen molar-refractivity contribution in [3.8, 4) is 0 Å². The molecule has 0 bridgehead atoms. The summed E-state index contributed by atoms with van der Waals surface area (Å²) in [4.78, 5) is 5.34. The van der Waals surface area contributed by atoms with Crippen molar-refractivity contribution >= 4 is 0 Å². The van der Waals surface area contributed by atoms with E-state index in [1.54, 1.807) is 0 Å². The van der Waals surface area contributed by atoms with Gasteiger partial charge in [0, 0.05) is 50.7 Å². The molecule has 1 N–H and O–H groups in total. The van der Waals surface area contributed by atoms with Crippen LogP contribution in [0.25, 0.3) is 0 Å². The van der Waals surface area contributed by atoms with Gasteiger partial charge in [-0.05, 0) is 11.1 Å². The van der Waals surface area contributed by atoms with Gasteiger partial charge < -0.3 is 5.32 Å². The molecule has 0 radical (unpaired) electrons. The maximum absolute atomic E-state index is 3.43. The third kappa shape index (κ3) is 2.39. The maximum atomic E-state index is 3.43. The zero-order chi connectivity index (χ0) is 16.0. The first-order chi connectivity index (χ1) is 11.8. The third-order valence-corrected chi connectivity index (χ3v) is 6.08. The van der Waals surface area contributed by atoms with E-state index in [0.29, 0.717) is 11.5 Å². The molecule has 3 nitrogen and oxygen atoms in total. The summed E-state index contributed by atoms with van der Waals surface area (Å²) in [6.07, 6.45) is 0. The van der Waals surface area contributed by atoms with E-state index in [0.717, 1.165) is 6.04 Å². The Labute approximate surface area is 144 Å². The van der Waals surface area contributed by atoms with Crippen LogP contribution < -0.4 is 5.32 Å². The van der Waals surface area contributed by atoms with Crippen LogP contribution in [0.3, 0.4) is 0 Å². The monoisotopic (exact) mass is 319 g/mol. The zero-order valence-electron chi connectivity index (χ0n) is 14.1. The van der Waals surface area contributed by atoms with Gasteiger partial charge in [-0.1, -0.05) is 60.7 Å². The highest BCUT2D eigenvalue weighted by atomic mass is 15.4. The minimum atomic E-state index is 0.393. The van der Waals surface area contributed by atoms with Crippen molar-refractivity contribution in [2.45, 2.75) is 12.1 Å². The lowest BCUT2D eigenvalue weighted by atomic mass is 9.73. The van der Waals surface area contributed by atoms with E-state index < -0.39 is 0 Å². The molecule has 0 aromatic heterocycles. The molecule has 1 spiro atoms. The number of nitrogens with one attached hydrogen (secondary N) is 1. The minimum absolute atomic E-state index is 0.393. The van der Waals surface area contributed by atoms with Crippen LogP contribution >= 0.6 is 0 Å². The Kier molecular flexibility index (Phi) is 3.47. The van der Waals surface area contributed by atoms with Gasteiger partial charge in [0.25, 0.3) is 0 Å². The summed E-state index contributed by atoms with van der Waals surface area (Å²) in [6.45, 7) is 7.46. The molecule has 0 saturated carbocycles. The van der Waals surface area contributed by atoms with E-state index >= 15 is 0 Å². The highest BCUT2D eigenvalue weighted by Crippen LogP contribution is 2.40. The molecule has 0 aliphatic carbocycles. The fourth-order valence-electron chi connectivity index (χ4n) is 4.59. The van der Waals surface area contributed by atoms with E-state index in [-0.39, 0.29) is 0 Å². The summed E-state index contributed by atoms with van der Waals surface area (Å²) in [5, 5.41) is 3.43. The van der Waals surface area contributed by atoms with Crippen LogP contribution in [-0.2, 0) is 0 Å². The summed E-state index contributed by atoms with van der Waals surface area (Å²) in [5.41, 5.74) is 3.45. The minimum Gasteiger partial charge on any atom is -0.315 e. The molecule has 3 heterocycles. The van der Waals surface area contributed by atoms with Gasteiger partial charge in [0.15, 0.2) is 0 Å². The maximum Gasteiger partial charge on any atom is 0.0602 e. The van der Waals surface area contributed by atoms with E-state index in [1.807, 2.05) is 0 Å². The number of hydrogen-bond donors (Lipinski definition) is 1. The fourth-order valence-corrected chi connectivity index (χ4v) is 4.59. The molecule has 0 atom stereocenters. The zero-order valence-corrected chi connectivity index (χ0v) is 14.1. The van der Waals surface area contributed by atoms with Crippen LogP contribution in [0.15, 0.2) is 60.7 Å². The average molecular weight is 319 g/mol. The van der Waals surface area contributed by atoms with Crippen LogP contribution in [0.1, 0.15) is 17.2 Å². The van der Waals surface area contributed by atoms with E-state index in [2.05, 4.69) is 75.8 Å². The molecular weight excluding hydrogens is 294 g/mol. The lowest BCUT2D eigenvalue weighted by molar-refractivity contribution is -0.108. The van der Waals surface area contributed by atoms with Crippen molar-refractivity contribution in [1.29, 1.82) is 0 Å². The Morgan fingerprint density at radius 1 is 0.833 bits per heavy atom. The van der Waals surface area contributed by atoms with Crippen molar-refractivity contribution in [3.05, 3.63) is 71.8 Å². The van der Waals surface area contributed by atoms with Crippen LogP contribution in [-0.4, -0.2) is 55.1 Å². The van der Waals surface area contributed by atoms with Gasteiger partial charge in [0.1, 0.15) is 0 Å². The summed E-state index contributed by atoms with van der Waals surface area (Å²) < 4.78 is 0. The molecular formula is C21H25N3. The summed E-state index contributed by atoms with van der Waals surface area (Å²) in [5.74, 6) is 0. The number of nitrogens with zero attached hydrogens (tertiary/aromatic N) is 2. The normalized spacial score (nSPS) is 23.7. The lowest BCUT2D eigenvalue weighted by Crippen LogP contribution is -2.76. The number of likely N-dealkylation sites (tertiary alicyclic amines) is 2. The molecule has 3 saturated heterocycles. The molecule has 3 heteroatoms. The van der Waals surface area contributed by atoms with Crippen LogP contribution in [0.5, 0.6) is 0 Å². The number of rotatable bonds is 4. The van der Waals surface area contributed by atoms with Gasteiger partial charge in [-0.3, -0.25) is 9.80 Å². The Balaban J connectivity index is 1.30. The highest BCUT2D eigenvalue weighted by molar-refractivity contribution is 5.32. The fraction of sp³-hybridized carbons (Fsp3) is 0.429. The number of benzene rings is 2. The van der Waals surface area contributed by atoms with Gasteiger partial charge in [-0.2, -0.15) is 0 Å². The van der Waals surface area contributed by atoms with Gasteiger partial charge in [-0.25, -0.2) is 0 Å². The summed E-state index contributed by atoms with van der Waals surface area (Å²) in [7, 11) is 0. The second-order valence-electron chi connectivity index (χ2n) is 7.84. The van der Waals surface area contributed by atoms with E-state index in [9.17, 15) is 0 Å². The van der Waals surface area contributed by atoms with E-state index in [4.69, 9.17) is 0 Å². The molecule has 3 aliphatic heterocycles. The summed E-state index contributed by atoms with van der Waals surface area (Å²) in [6, 6.07) is 23.1. The Morgan fingerprint density at radius 3 is 1.83 bits per heavy atom. The van der Waals surface area contributed by atoms with Crippen molar-refractivity contribution in [3.63, 3.8) is 0 Å². The predicted octanol–water partition coefficient (Wildman–Crippen LogP) is 2.37. The second kappa shape index (κ2) is 5.69. The molecule has 5 rings (SSSR count). The molecule has 0 unspecified atom stereocenters. The first-order valence-corrected chi connectivity index (χ1v) is 9.12. The quantitative estimate of drug-likeness (QED) is 0.933. The number of hydrogen-bond acceptors (Lipinski definition) is 3. The topological polar surface area (TPSA) is 18.5 Å². The van der Waals surface area contributed by atoms with Crippen molar-refractivity contribution < 1.29 is 0 Å². The SMILES string of the molecule is c1ccc(C(c2ccccc2)N2CC(N3CC4(CNC4)C3)C2)cc1. The smallest absolute Gasteiger partial charge is 0.0602 e. The first kappa shape index (κ1) is 14.6. The Bertz CT molecular complexity index is 642. The highest BCUT2D eigenvalue weighted by Gasteiger charge is 2.51. The van der Waals surface area contributed by atoms with Crippen molar-refractivity contribution in [1.82, 2.24) is 15.1 Å². The summed E-state index contributed by atoms with van der Waals surface area (Å²) >= 11 is 0. The predicted molar refractivity (Wildman–Crippen MR) is 97.0 cm³/mol. The Hall–Kier alpha value is -1.68. The first-order valence-electron chi connectivity index (χ1n) is 9.12. The molecule has 3 aliphatic rings. The van der Waals surface area contributed by atoms with Crippen LogP contribution in [0.4, 0.5) is 0 Å². The standard InChI is InChI=1S/C21H25N3/c1-3-7-17(8-4-1)20(18-9-5-2-6-10-18)23-11-19(12-23)24-15-21(16-24)13-22-14-21/h1-10,19-20,22H,11-16H2. The molecule has 0 amide bonds. The third-order valence-electron chi connectivity index (χ3n) is 6.08. The molecule has 24 heavy (non-hydrogen) atoms. The van der Waals surface area contributed by atoms with Crippen LogP contribution in [0, 0.1) is 5.41 Å². The molecule has 124 valence electrons. The van der Waals surface area contributed by atoms with Gasteiger partial charge in [0.05, 0.1) is 6.04 Å². The second-order valence-corrected chi connectivity index (χ2v) is 7.84. The van der Waals surface area contributed by atoms with Crippen molar-refractivity contribution in [2.75, 3.05) is 39.3 Å². The van der Waals surface area contributed by atoms with Crippen molar-refractivity contribution in [2.24, 2.45) is 5.41 Å². The van der Waals surface area contributed by atoms with Gasteiger partial charge in [0.2, 0.25) is 0 Å². The van der Waals surface area contributed by atoms with E-state index in [1.165, 1.54) is 50.4 Å². The largest absolute Gasteiger partial charge is 0.315 e. The van der Waals surface area contributed by atoms with Gasteiger partial charge in [-0.15, -0.1) is 0 Å². The lowest BCUT2D eigenvalue weighted by Gasteiger charge is -2.62. The average Bonchev–Trinajstić information content (AvgIpc) is 2.51. The molecule has 2 aromatic carbocycles. The molecule has 3 fully saturated rings. The van der Waals surface area contributed by atoms with Gasteiger partial charge >= 0.3 is 0 Å².